The van der Waals surface area contributed by atoms with Crippen LogP contribution in [0, 0.1) is 19.7 Å². The largest absolute Gasteiger partial charge is 0.507 e. The van der Waals surface area contributed by atoms with Crippen LogP contribution in [0.2, 0.25) is 0 Å². The normalized spacial score (nSPS) is 17.8. The zero-order valence-corrected chi connectivity index (χ0v) is 18.7. The summed E-state index contributed by atoms with van der Waals surface area (Å²) in [5, 5.41) is 11.5. The third-order valence-electron chi connectivity index (χ3n) is 5.69. The highest BCUT2D eigenvalue weighted by Crippen LogP contribution is 2.44. The van der Waals surface area contributed by atoms with Gasteiger partial charge in [0.05, 0.1) is 21.8 Å². The molecule has 1 aromatic heterocycles. The summed E-state index contributed by atoms with van der Waals surface area (Å²) in [6, 6.07) is 17.4. The number of aryl methyl sites for hydroxylation is 2. The van der Waals surface area contributed by atoms with Gasteiger partial charge in [0.25, 0.3) is 5.78 Å². The van der Waals surface area contributed by atoms with Gasteiger partial charge in [0, 0.05) is 5.56 Å². The van der Waals surface area contributed by atoms with Gasteiger partial charge in [0.15, 0.2) is 5.13 Å². The summed E-state index contributed by atoms with van der Waals surface area (Å²) in [7, 11) is 0. The Labute approximate surface area is 193 Å². The van der Waals surface area contributed by atoms with Crippen molar-refractivity contribution in [2.45, 2.75) is 19.9 Å². The Morgan fingerprint density at radius 2 is 1.64 bits per heavy atom. The highest BCUT2D eigenvalue weighted by molar-refractivity contribution is 7.22. The van der Waals surface area contributed by atoms with E-state index in [1.54, 1.807) is 12.1 Å². The van der Waals surface area contributed by atoms with Crippen LogP contribution >= 0.6 is 11.3 Å². The number of rotatable bonds is 3. The molecule has 4 aromatic rings. The van der Waals surface area contributed by atoms with Crippen molar-refractivity contribution in [1.82, 2.24) is 4.98 Å². The predicted molar refractivity (Wildman–Crippen MR) is 127 cm³/mol. The zero-order valence-electron chi connectivity index (χ0n) is 17.9. The molecule has 7 heteroatoms. The predicted octanol–water partition coefficient (Wildman–Crippen LogP) is 5.68. The van der Waals surface area contributed by atoms with E-state index in [2.05, 4.69) is 4.98 Å². The third kappa shape index (κ3) is 3.60. The molecule has 1 aliphatic rings. The first-order chi connectivity index (χ1) is 15.8. The molecule has 5 rings (SSSR count). The van der Waals surface area contributed by atoms with Crippen LogP contribution in [0.25, 0.3) is 16.0 Å². The second kappa shape index (κ2) is 7.94. The summed E-state index contributed by atoms with van der Waals surface area (Å²) in [6.45, 7) is 3.88. The molecule has 1 fully saturated rings. The number of benzene rings is 3. The SMILES string of the molecule is Cc1ccc(C(O)=C2C(=O)C(=O)N(c3nc4ccc(C)cc4s3)[C@H]2c2ccc(F)cc2)cc1. The Balaban J connectivity index is 1.73. The van der Waals surface area contributed by atoms with Crippen LogP contribution in [0.5, 0.6) is 0 Å². The van der Waals surface area contributed by atoms with Crippen molar-refractivity contribution in [3.8, 4) is 0 Å². The molecule has 5 nitrogen and oxygen atoms in total. The van der Waals surface area contributed by atoms with E-state index in [9.17, 15) is 19.1 Å². The van der Waals surface area contributed by atoms with Gasteiger partial charge in [-0.15, -0.1) is 0 Å². The number of hydrogen-bond acceptors (Lipinski definition) is 5. The van der Waals surface area contributed by atoms with Crippen molar-refractivity contribution in [3.05, 3.63) is 100 Å². The van der Waals surface area contributed by atoms with E-state index in [1.807, 2.05) is 44.2 Å². The van der Waals surface area contributed by atoms with Crippen LogP contribution in [0.4, 0.5) is 9.52 Å². The maximum Gasteiger partial charge on any atom is 0.301 e. The molecule has 2 heterocycles. The second-order valence-corrected chi connectivity index (χ2v) is 9.06. The molecule has 0 aliphatic carbocycles. The number of fused-ring (bicyclic) bond motifs is 1. The molecular weight excluding hydrogens is 439 g/mol. The third-order valence-corrected chi connectivity index (χ3v) is 6.71. The summed E-state index contributed by atoms with van der Waals surface area (Å²) in [5.74, 6) is -2.31. The highest BCUT2D eigenvalue weighted by atomic mass is 32.1. The number of ketones is 1. The summed E-state index contributed by atoms with van der Waals surface area (Å²) in [5.41, 5.74) is 3.62. The molecule has 0 radical (unpaired) electrons. The molecule has 1 aliphatic heterocycles. The molecule has 3 aromatic carbocycles. The van der Waals surface area contributed by atoms with Crippen molar-refractivity contribution < 1.29 is 19.1 Å². The molecular formula is C26H19FN2O3S. The van der Waals surface area contributed by atoms with Crippen molar-refractivity contribution in [2.24, 2.45) is 0 Å². The van der Waals surface area contributed by atoms with Crippen LogP contribution < -0.4 is 4.90 Å². The number of nitrogens with zero attached hydrogens (tertiary/aromatic N) is 2. The minimum atomic E-state index is -0.937. The van der Waals surface area contributed by atoms with Gasteiger partial charge in [-0.05, 0) is 49.2 Å². The number of carbonyl (C=O) groups excluding carboxylic acids is 2. The number of aliphatic hydroxyl groups is 1. The minimum Gasteiger partial charge on any atom is -0.507 e. The summed E-state index contributed by atoms with van der Waals surface area (Å²) >= 11 is 1.29. The fourth-order valence-corrected chi connectivity index (χ4v) is 5.07. The number of Topliss-reactive ketones (excluding diaryl/α,β-unsaturated/α-hetero) is 1. The van der Waals surface area contributed by atoms with E-state index < -0.39 is 23.5 Å². The lowest BCUT2D eigenvalue weighted by atomic mass is 9.95. The number of halogens is 1. The van der Waals surface area contributed by atoms with Gasteiger partial charge >= 0.3 is 5.91 Å². The summed E-state index contributed by atoms with van der Waals surface area (Å²) < 4.78 is 14.5. The molecule has 0 saturated carbocycles. The first kappa shape index (κ1) is 21.0. The number of carbonyl (C=O) groups is 2. The van der Waals surface area contributed by atoms with Gasteiger partial charge in [-0.2, -0.15) is 0 Å². The molecule has 1 amide bonds. The molecule has 33 heavy (non-hydrogen) atoms. The average molecular weight is 459 g/mol. The number of thiazole rings is 1. The Bertz CT molecular complexity index is 1440. The number of aromatic nitrogens is 1. The van der Waals surface area contributed by atoms with Gasteiger partial charge in [-0.25, -0.2) is 9.37 Å². The van der Waals surface area contributed by atoms with Crippen LogP contribution in [0.3, 0.4) is 0 Å². The molecule has 1 saturated heterocycles. The van der Waals surface area contributed by atoms with Crippen molar-refractivity contribution in [1.29, 1.82) is 0 Å². The lowest BCUT2D eigenvalue weighted by Crippen LogP contribution is -2.29. The molecule has 0 spiro atoms. The monoisotopic (exact) mass is 458 g/mol. The first-order valence-electron chi connectivity index (χ1n) is 10.3. The van der Waals surface area contributed by atoms with Crippen LogP contribution in [0.1, 0.15) is 28.3 Å². The van der Waals surface area contributed by atoms with Gasteiger partial charge in [-0.1, -0.05) is 59.4 Å². The number of hydrogen-bond donors (Lipinski definition) is 1. The summed E-state index contributed by atoms with van der Waals surface area (Å²) in [4.78, 5) is 32.3. The first-order valence-corrected chi connectivity index (χ1v) is 11.2. The number of amides is 1. The van der Waals surface area contributed by atoms with Crippen molar-refractivity contribution >= 4 is 44.1 Å². The molecule has 0 bridgehead atoms. The minimum absolute atomic E-state index is 0.0501. The Kier molecular flexibility index (Phi) is 5.06. The maximum absolute atomic E-state index is 13.7. The van der Waals surface area contributed by atoms with Crippen LogP contribution in [-0.4, -0.2) is 21.8 Å². The second-order valence-electron chi connectivity index (χ2n) is 8.05. The Morgan fingerprint density at radius 3 is 2.33 bits per heavy atom. The van der Waals surface area contributed by atoms with E-state index >= 15 is 0 Å². The van der Waals surface area contributed by atoms with Gasteiger partial charge in [0.2, 0.25) is 0 Å². The van der Waals surface area contributed by atoms with E-state index in [1.165, 1.54) is 40.5 Å². The lowest BCUT2D eigenvalue weighted by Gasteiger charge is -2.23. The fraction of sp³-hybridized carbons (Fsp3) is 0.115. The Morgan fingerprint density at radius 1 is 0.970 bits per heavy atom. The standard InChI is InChI=1S/C26H19FN2O3S/c1-14-3-6-17(7-4-14)23(30)21-22(16-8-10-18(27)11-9-16)29(25(32)24(21)31)26-28-19-12-5-15(2)13-20(19)33-26/h3-13,22,30H,1-2H3/t22-/m0/s1. The topological polar surface area (TPSA) is 70.5 Å². The van der Waals surface area contributed by atoms with Crippen molar-refractivity contribution in [2.75, 3.05) is 4.90 Å². The van der Waals surface area contributed by atoms with E-state index in [0.29, 0.717) is 21.8 Å². The smallest absolute Gasteiger partial charge is 0.301 e. The van der Waals surface area contributed by atoms with Crippen LogP contribution in [-0.2, 0) is 9.59 Å². The molecule has 0 unspecified atom stereocenters. The average Bonchev–Trinajstić information content (AvgIpc) is 3.32. The maximum atomic E-state index is 13.7. The Hall–Kier alpha value is -3.84. The van der Waals surface area contributed by atoms with Crippen LogP contribution in [0.15, 0.2) is 72.3 Å². The number of anilines is 1. The zero-order chi connectivity index (χ0) is 23.3. The molecule has 164 valence electrons. The van der Waals surface area contributed by atoms with E-state index in [-0.39, 0.29) is 11.3 Å². The molecule has 1 N–H and O–H groups in total. The lowest BCUT2D eigenvalue weighted by molar-refractivity contribution is -0.132. The number of aliphatic hydroxyl groups excluding tert-OH is 1. The van der Waals surface area contributed by atoms with E-state index in [4.69, 9.17) is 0 Å². The van der Waals surface area contributed by atoms with Gasteiger partial charge in [0.1, 0.15) is 11.6 Å². The van der Waals surface area contributed by atoms with Gasteiger partial charge < -0.3 is 5.11 Å². The van der Waals surface area contributed by atoms with Crippen molar-refractivity contribution in [3.63, 3.8) is 0 Å². The molecule has 1 atom stereocenters. The highest BCUT2D eigenvalue weighted by Gasteiger charge is 2.48. The fourth-order valence-electron chi connectivity index (χ4n) is 3.98. The van der Waals surface area contributed by atoms with Gasteiger partial charge in [-0.3, -0.25) is 14.5 Å². The van der Waals surface area contributed by atoms with E-state index in [0.717, 1.165) is 15.8 Å². The summed E-state index contributed by atoms with van der Waals surface area (Å²) in [6.07, 6.45) is 0. The quantitative estimate of drug-likeness (QED) is 0.244.